The predicted octanol–water partition coefficient (Wildman–Crippen LogP) is 3.58. The number of hydrogen-bond donors (Lipinski definition) is 0. The van der Waals surface area contributed by atoms with Gasteiger partial charge in [0.05, 0.1) is 0 Å². The smallest absolute Gasteiger partial charge is 0.218 e. The van der Waals surface area contributed by atoms with Crippen LogP contribution in [-0.2, 0) is 4.79 Å². The van der Waals surface area contributed by atoms with Gasteiger partial charge in [-0.2, -0.15) is 0 Å². The predicted molar refractivity (Wildman–Crippen MR) is 51.6 cm³/mol. The summed E-state index contributed by atoms with van der Waals surface area (Å²) in [5.41, 5.74) is 0. The molecule has 0 radical (unpaired) electrons. The molecule has 0 aliphatic heterocycles. The summed E-state index contributed by atoms with van der Waals surface area (Å²) in [4.78, 5) is 11.3. The summed E-state index contributed by atoms with van der Waals surface area (Å²) < 4.78 is 29.4. The minimum Gasteiger partial charge on any atom is -0.287 e. The quantitative estimate of drug-likeness (QED) is 0.642. The highest BCUT2D eigenvalue weighted by molar-refractivity contribution is 6.60. The zero-order valence-corrected chi connectivity index (χ0v) is 8.44. The van der Waals surface area contributed by atoms with Crippen LogP contribution < -0.4 is 0 Å². The van der Waals surface area contributed by atoms with Crippen molar-refractivity contribution < 1.29 is 10.3 Å². The Kier molecular flexibility index (Phi) is 1.77. The number of Topliss-reactive ketones (excluding diaryl/α,β-unsaturated/α-hetero) is 1. The van der Waals surface area contributed by atoms with Crippen LogP contribution in [-0.4, -0.2) is 5.78 Å². The maximum atomic E-state index is 11.3. The lowest BCUT2D eigenvalue weighted by atomic mass is 10.0. The molecule has 0 heterocycles. The van der Waals surface area contributed by atoms with Crippen molar-refractivity contribution in [3.8, 4) is 0 Å². The number of hydrogen-bond acceptors (Lipinski definition) is 1. The van der Waals surface area contributed by atoms with Crippen molar-refractivity contribution in [2.45, 2.75) is 6.85 Å². The van der Waals surface area contributed by atoms with Gasteiger partial charge in [-0.1, -0.05) is 53.3 Å². The van der Waals surface area contributed by atoms with Gasteiger partial charge in [0.2, 0.25) is 5.78 Å². The molecule has 0 saturated carbocycles. The molecule has 66 valence electrons. The number of carbonyl (C=O) groups excluding carboxylic acids is 1. The maximum absolute atomic E-state index is 11.3. The lowest BCUT2D eigenvalue weighted by molar-refractivity contribution is -0.111. The lowest BCUT2D eigenvalue weighted by Crippen LogP contribution is -2.13. The summed E-state index contributed by atoms with van der Waals surface area (Å²) >= 11 is 22.3. The highest BCUT2D eigenvalue weighted by Gasteiger charge is 2.29. The molecule has 12 heavy (non-hydrogen) atoms. The first-order chi connectivity index (χ1) is 7.05. The van der Waals surface area contributed by atoms with Gasteiger partial charge in [0.1, 0.15) is 10.1 Å². The fourth-order valence-electron chi connectivity index (χ4n) is 0.612. The Morgan fingerprint density at radius 3 is 2.00 bits per heavy atom. The van der Waals surface area contributed by atoms with Crippen LogP contribution in [0.15, 0.2) is 20.1 Å². The fourth-order valence-corrected chi connectivity index (χ4v) is 1.45. The van der Waals surface area contributed by atoms with Crippen LogP contribution in [0.4, 0.5) is 0 Å². The van der Waals surface area contributed by atoms with Crippen molar-refractivity contribution in [1.82, 2.24) is 0 Å². The fraction of sp³-hybridized carbons (Fsp3) is 0.286. The van der Waals surface area contributed by atoms with E-state index in [1.54, 1.807) is 0 Å². The highest BCUT2D eigenvalue weighted by atomic mass is 35.5. The molecule has 0 unspecified atom stereocenters. The number of allylic oxidation sites excluding steroid dienone is 4. The zero-order chi connectivity index (χ0) is 12.9. The van der Waals surface area contributed by atoms with Gasteiger partial charge >= 0.3 is 0 Å². The number of carbonyl (C=O) groups is 1. The molecule has 0 amide bonds. The summed E-state index contributed by atoms with van der Waals surface area (Å²) in [5, 5.41) is -2.48. The Balaban J connectivity index is 3.57. The highest BCUT2D eigenvalue weighted by Crippen LogP contribution is 2.39. The van der Waals surface area contributed by atoms with Crippen molar-refractivity contribution in [1.29, 1.82) is 0 Å². The normalized spacial score (nSPS) is 29.5. The van der Waals surface area contributed by atoms with Crippen LogP contribution in [0.5, 0.6) is 0 Å². The Morgan fingerprint density at radius 2 is 1.67 bits per heavy atom. The second-order valence-corrected chi connectivity index (χ2v) is 3.47. The van der Waals surface area contributed by atoms with Crippen molar-refractivity contribution in [2.24, 2.45) is 5.89 Å². The number of halogens is 4. The van der Waals surface area contributed by atoms with E-state index in [0.717, 1.165) is 0 Å². The molecular weight excluding hydrogens is 242 g/mol. The monoisotopic (exact) mass is 248 g/mol. The Hall–Kier alpha value is 0.310. The summed E-state index contributed by atoms with van der Waals surface area (Å²) in [5.74, 6) is -3.37. The van der Waals surface area contributed by atoms with Crippen LogP contribution in [0.25, 0.3) is 0 Å². The van der Waals surface area contributed by atoms with Gasteiger partial charge in [-0.15, -0.1) is 0 Å². The van der Waals surface area contributed by atoms with Gasteiger partial charge in [0, 0.05) is 21.4 Å². The van der Waals surface area contributed by atoms with Crippen LogP contribution in [0.3, 0.4) is 0 Å². The molecule has 0 bridgehead atoms. The third-order valence-corrected chi connectivity index (χ3v) is 2.89. The van der Waals surface area contributed by atoms with Crippen LogP contribution in [0.1, 0.15) is 12.3 Å². The Morgan fingerprint density at radius 1 is 1.25 bits per heavy atom. The van der Waals surface area contributed by atoms with Gasteiger partial charge in [-0.3, -0.25) is 4.79 Å². The Bertz CT molecular complexity index is 395. The van der Waals surface area contributed by atoms with E-state index in [1.807, 2.05) is 0 Å². The minimum absolute atomic E-state index is 0.595. The molecule has 0 fully saturated rings. The van der Waals surface area contributed by atoms with E-state index < -0.39 is 38.7 Å². The first-order valence-electron chi connectivity index (χ1n) is 4.71. The first kappa shape index (κ1) is 5.92. The van der Waals surface area contributed by atoms with Crippen molar-refractivity contribution in [3.63, 3.8) is 0 Å². The third kappa shape index (κ3) is 1.51. The van der Waals surface area contributed by atoms with Gasteiger partial charge in [0.25, 0.3) is 0 Å². The van der Waals surface area contributed by atoms with Crippen molar-refractivity contribution in [2.75, 3.05) is 0 Å². The standard InChI is InChI=1S/C7H4Cl4O/c1-2-3(8)5(10)7(12)6(11)4(2)9/h2H,1H3/i1D3,2D. The van der Waals surface area contributed by atoms with Gasteiger partial charge in [0.15, 0.2) is 0 Å². The summed E-state index contributed by atoms with van der Waals surface area (Å²) in [7, 11) is 0. The molecule has 0 aromatic carbocycles. The SMILES string of the molecule is [2H]C([2H])([2H])C1([2H])C(Cl)=C(Cl)C(=O)C(Cl)=C1Cl. The lowest BCUT2D eigenvalue weighted by Gasteiger charge is -2.17. The molecular formula is C7H4Cl4O. The first-order valence-corrected chi connectivity index (χ1v) is 4.22. The largest absolute Gasteiger partial charge is 0.287 e. The van der Waals surface area contributed by atoms with Crippen molar-refractivity contribution in [3.05, 3.63) is 20.1 Å². The van der Waals surface area contributed by atoms with E-state index in [1.165, 1.54) is 0 Å². The molecule has 1 aliphatic carbocycles. The topological polar surface area (TPSA) is 17.1 Å². The van der Waals surface area contributed by atoms with Gasteiger partial charge in [-0.25, -0.2) is 0 Å². The molecule has 0 aromatic heterocycles. The van der Waals surface area contributed by atoms with E-state index >= 15 is 0 Å². The van der Waals surface area contributed by atoms with E-state index in [4.69, 9.17) is 51.9 Å². The number of ketones is 1. The third-order valence-electron chi connectivity index (χ3n) is 1.22. The summed E-state index contributed by atoms with van der Waals surface area (Å²) in [6.45, 7) is -2.89. The van der Waals surface area contributed by atoms with Gasteiger partial charge < -0.3 is 0 Å². The van der Waals surface area contributed by atoms with Crippen LogP contribution in [0, 0.1) is 5.89 Å². The summed E-state index contributed by atoms with van der Waals surface area (Å²) in [6, 6.07) is 0. The molecule has 1 aliphatic rings. The van der Waals surface area contributed by atoms with E-state index in [0.29, 0.717) is 0 Å². The molecule has 0 aromatic rings. The molecule has 0 N–H and O–H groups in total. The molecule has 5 heteroatoms. The summed E-state index contributed by atoms with van der Waals surface area (Å²) in [6.07, 6.45) is 0. The molecule has 0 spiro atoms. The average Bonchev–Trinajstić information content (AvgIpc) is 2.19. The van der Waals surface area contributed by atoms with E-state index in [9.17, 15) is 4.79 Å². The van der Waals surface area contributed by atoms with Crippen LogP contribution >= 0.6 is 46.4 Å². The van der Waals surface area contributed by atoms with Crippen LogP contribution in [0.2, 0.25) is 0 Å². The molecule has 1 nitrogen and oxygen atoms in total. The molecule has 1 rings (SSSR count). The zero-order valence-electron chi connectivity index (χ0n) is 9.42. The second kappa shape index (κ2) is 3.59. The second-order valence-electron chi connectivity index (χ2n) is 1.96. The van der Waals surface area contributed by atoms with Gasteiger partial charge in [-0.05, 0) is 0 Å². The minimum atomic E-state index is -2.89. The molecule has 0 atom stereocenters. The average molecular weight is 250 g/mol. The maximum Gasteiger partial charge on any atom is 0.218 e. The Labute approximate surface area is 95.5 Å². The molecule has 0 saturated heterocycles. The van der Waals surface area contributed by atoms with E-state index in [-0.39, 0.29) is 0 Å². The number of rotatable bonds is 0. The van der Waals surface area contributed by atoms with E-state index in [2.05, 4.69) is 0 Å². The van der Waals surface area contributed by atoms with Crippen molar-refractivity contribution >= 4 is 52.2 Å².